The first kappa shape index (κ1) is 21.3. The van der Waals surface area contributed by atoms with Gasteiger partial charge in [-0.3, -0.25) is 9.69 Å². The normalized spacial score (nSPS) is 16.7. The van der Waals surface area contributed by atoms with Gasteiger partial charge in [0.2, 0.25) is 15.9 Å². The van der Waals surface area contributed by atoms with Crippen molar-refractivity contribution < 1.29 is 26.4 Å². The van der Waals surface area contributed by atoms with Crippen LogP contribution in [0, 0.1) is 0 Å². The molecule has 0 spiro atoms. The topological polar surface area (TPSA) is 83.7 Å². The van der Waals surface area contributed by atoms with Gasteiger partial charge in [0.1, 0.15) is 0 Å². The number of nitrogens with zero attached hydrogens (tertiary/aromatic N) is 2. The van der Waals surface area contributed by atoms with Gasteiger partial charge in [-0.1, -0.05) is 18.2 Å². The van der Waals surface area contributed by atoms with Gasteiger partial charge in [-0.15, -0.1) is 0 Å². The number of hydrogen-bond acceptors (Lipinski definition) is 4. The lowest BCUT2D eigenvalue weighted by Crippen LogP contribution is -2.48. The highest BCUT2D eigenvalue weighted by Gasteiger charge is 2.34. The molecule has 10 heteroatoms. The summed E-state index contributed by atoms with van der Waals surface area (Å²) in [6, 6.07) is 10.6. The summed E-state index contributed by atoms with van der Waals surface area (Å²) in [7, 11) is -4.00. The third kappa shape index (κ3) is 4.95. The number of rotatable bonds is 5. The number of primary amides is 1. The highest BCUT2D eigenvalue weighted by molar-refractivity contribution is 7.89. The van der Waals surface area contributed by atoms with E-state index >= 15 is 0 Å². The fourth-order valence-electron chi connectivity index (χ4n) is 3.14. The van der Waals surface area contributed by atoms with Crippen LogP contribution in [0.2, 0.25) is 0 Å². The highest BCUT2D eigenvalue weighted by Crippen LogP contribution is 2.31. The van der Waals surface area contributed by atoms with Crippen molar-refractivity contribution in [2.45, 2.75) is 17.6 Å². The molecule has 1 aliphatic rings. The molecular formula is C19H20F3N3O3S. The second-order valence-corrected chi connectivity index (χ2v) is 8.70. The number of hydrogen-bond donors (Lipinski definition) is 1. The Kier molecular flexibility index (Phi) is 5.97. The second-order valence-electron chi connectivity index (χ2n) is 6.77. The quantitative estimate of drug-likeness (QED) is 0.794. The van der Waals surface area contributed by atoms with Crippen molar-refractivity contribution >= 4 is 15.9 Å². The molecule has 0 unspecified atom stereocenters. The van der Waals surface area contributed by atoms with Crippen LogP contribution in [0.15, 0.2) is 53.4 Å². The monoisotopic (exact) mass is 427 g/mol. The van der Waals surface area contributed by atoms with Gasteiger partial charge in [0.25, 0.3) is 0 Å². The van der Waals surface area contributed by atoms with Crippen LogP contribution in [0.5, 0.6) is 0 Å². The van der Waals surface area contributed by atoms with E-state index in [1.54, 1.807) is 24.3 Å². The molecule has 1 heterocycles. The van der Waals surface area contributed by atoms with Crippen LogP contribution >= 0.6 is 0 Å². The molecule has 2 aromatic rings. The minimum atomic E-state index is -4.60. The van der Waals surface area contributed by atoms with E-state index in [-0.39, 0.29) is 18.0 Å². The van der Waals surface area contributed by atoms with Gasteiger partial charge in [0.15, 0.2) is 0 Å². The predicted octanol–water partition coefficient (Wildman–Crippen LogP) is 2.31. The summed E-state index contributed by atoms with van der Waals surface area (Å²) in [6.07, 6.45) is -4.60. The maximum absolute atomic E-state index is 12.9. The first-order valence-electron chi connectivity index (χ1n) is 8.86. The molecule has 6 nitrogen and oxygen atoms in total. The Balaban J connectivity index is 1.64. The van der Waals surface area contributed by atoms with Crippen LogP contribution in [0.4, 0.5) is 13.2 Å². The van der Waals surface area contributed by atoms with E-state index in [0.29, 0.717) is 31.3 Å². The van der Waals surface area contributed by atoms with Crippen LogP contribution < -0.4 is 5.73 Å². The minimum Gasteiger partial charge on any atom is -0.366 e. The van der Waals surface area contributed by atoms with E-state index in [4.69, 9.17) is 5.73 Å². The summed E-state index contributed by atoms with van der Waals surface area (Å²) in [6.45, 7) is 1.80. The second kappa shape index (κ2) is 8.13. The smallest absolute Gasteiger partial charge is 0.366 e. The Labute approximate surface area is 166 Å². The fraction of sp³-hybridized carbons (Fsp3) is 0.316. The molecule has 1 fully saturated rings. The van der Waals surface area contributed by atoms with Crippen LogP contribution in [-0.2, 0) is 22.7 Å². The van der Waals surface area contributed by atoms with Gasteiger partial charge in [0.05, 0.1) is 10.5 Å². The minimum absolute atomic E-state index is 0.179. The van der Waals surface area contributed by atoms with Crippen molar-refractivity contribution in [2.24, 2.45) is 5.73 Å². The van der Waals surface area contributed by atoms with Crippen LogP contribution in [0.25, 0.3) is 0 Å². The van der Waals surface area contributed by atoms with Crippen LogP contribution in [0.3, 0.4) is 0 Å². The molecule has 3 rings (SSSR count). The zero-order valence-corrected chi connectivity index (χ0v) is 16.2. The number of piperazine rings is 1. The third-order valence-corrected chi connectivity index (χ3v) is 6.67. The Hall–Kier alpha value is -2.43. The van der Waals surface area contributed by atoms with E-state index in [0.717, 1.165) is 17.7 Å². The van der Waals surface area contributed by atoms with Gasteiger partial charge in [-0.25, -0.2) is 8.42 Å². The molecule has 1 aliphatic heterocycles. The lowest BCUT2D eigenvalue weighted by molar-refractivity contribution is -0.137. The molecule has 29 heavy (non-hydrogen) atoms. The number of amides is 1. The maximum atomic E-state index is 12.9. The van der Waals surface area contributed by atoms with Gasteiger partial charge < -0.3 is 5.73 Å². The van der Waals surface area contributed by atoms with Crippen molar-refractivity contribution in [3.05, 3.63) is 65.2 Å². The Morgan fingerprint density at radius 2 is 1.62 bits per heavy atom. The summed E-state index contributed by atoms with van der Waals surface area (Å²) in [5, 5.41) is 0. The average Bonchev–Trinajstić information content (AvgIpc) is 2.68. The number of sulfonamides is 1. The van der Waals surface area contributed by atoms with Gasteiger partial charge in [-0.05, 0) is 35.9 Å². The molecule has 156 valence electrons. The zero-order chi connectivity index (χ0) is 21.2. The van der Waals surface area contributed by atoms with E-state index < -0.39 is 27.7 Å². The first-order chi connectivity index (χ1) is 13.6. The van der Waals surface area contributed by atoms with Gasteiger partial charge in [-0.2, -0.15) is 17.5 Å². The molecule has 2 N–H and O–H groups in total. The number of carbonyl (C=O) groups excluding carboxylic acids is 1. The molecule has 1 amide bonds. The molecule has 0 saturated carbocycles. The van der Waals surface area contributed by atoms with Crippen molar-refractivity contribution in [1.29, 1.82) is 0 Å². The number of halogens is 3. The number of alkyl halides is 3. The van der Waals surface area contributed by atoms with Crippen molar-refractivity contribution in [3.8, 4) is 0 Å². The largest absolute Gasteiger partial charge is 0.416 e. The molecule has 1 saturated heterocycles. The molecular weight excluding hydrogens is 407 g/mol. The van der Waals surface area contributed by atoms with Crippen molar-refractivity contribution in [2.75, 3.05) is 26.2 Å². The summed E-state index contributed by atoms with van der Waals surface area (Å²) in [5.41, 5.74) is 5.58. The zero-order valence-electron chi connectivity index (χ0n) is 15.4. The Morgan fingerprint density at radius 1 is 1.00 bits per heavy atom. The van der Waals surface area contributed by atoms with Gasteiger partial charge >= 0.3 is 6.18 Å². The Bertz CT molecular complexity index is 984. The highest BCUT2D eigenvalue weighted by atomic mass is 32.2. The SMILES string of the molecule is NC(=O)c1ccc(CN2CCN(S(=O)(=O)c3cccc(C(F)(F)F)c3)CC2)cc1. The lowest BCUT2D eigenvalue weighted by atomic mass is 10.1. The summed E-state index contributed by atoms with van der Waals surface area (Å²) < 4.78 is 65.3. The summed E-state index contributed by atoms with van der Waals surface area (Å²) in [5.74, 6) is -0.509. The summed E-state index contributed by atoms with van der Waals surface area (Å²) in [4.78, 5) is 12.8. The molecule has 0 bridgehead atoms. The average molecular weight is 427 g/mol. The lowest BCUT2D eigenvalue weighted by Gasteiger charge is -2.34. The molecule has 0 aliphatic carbocycles. The third-order valence-electron chi connectivity index (χ3n) is 4.78. The predicted molar refractivity (Wildman–Crippen MR) is 100 cm³/mol. The standard InChI is InChI=1S/C19H20F3N3O3S/c20-19(21,22)16-2-1-3-17(12-16)29(27,28)25-10-8-24(9-11-25)13-14-4-6-15(7-5-14)18(23)26/h1-7,12H,8-11,13H2,(H2,23,26). The maximum Gasteiger partial charge on any atom is 0.416 e. The van der Waals surface area contributed by atoms with E-state index in [1.165, 1.54) is 10.4 Å². The number of carbonyl (C=O) groups is 1. The van der Waals surface area contributed by atoms with E-state index in [1.807, 2.05) is 4.90 Å². The number of nitrogens with two attached hydrogens (primary N) is 1. The fourth-order valence-corrected chi connectivity index (χ4v) is 4.61. The van der Waals surface area contributed by atoms with Crippen LogP contribution in [0.1, 0.15) is 21.5 Å². The van der Waals surface area contributed by atoms with E-state index in [9.17, 15) is 26.4 Å². The molecule has 0 radical (unpaired) electrons. The molecule has 0 aromatic heterocycles. The Morgan fingerprint density at radius 3 is 2.17 bits per heavy atom. The number of benzene rings is 2. The van der Waals surface area contributed by atoms with Crippen molar-refractivity contribution in [3.63, 3.8) is 0 Å². The summed E-state index contributed by atoms with van der Waals surface area (Å²) >= 11 is 0. The van der Waals surface area contributed by atoms with Crippen molar-refractivity contribution in [1.82, 2.24) is 9.21 Å². The van der Waals surface area contributed by atoms with E-state index in [2.05, 4.69) is 0 Å². The van der Waals surface area contributed by atoms with Crippen LogP contribution in [-0.4, -0.2) is 49.7 Å². The molecule has 2 aromatic carbocycles. The first-order valence-corrected chi connectivity index (χ1v) is 10.3. The van der Waals surface area contributed by atoms with Gasteiger partial charge in [0, 0.05) is 38.3 Å². The molecule has 0 atom stereocenters.